The summed E-state index contributed by atoms with van der Waals surface area (Å²) in [5.74, 6) is 2.09. The van der Waals surface area contributed by atoms with Crippen LogP contribution in [0.2, 0.25) is 0 Å². The number of aryl methyl sites for hydroxylation is 5. The zero-order valence-electron chi connectivity index (χ0n) is 12.5. The average molecular weight is 309 g/mol. The number of fused-ring (bicyclic) bond motifs is 1. The Bertz CT molecular complexity index is 784. The molecule has 1 unspecified atom stereocenters. The second-order valence-corrected chi connectivity index (χ2v) is 5.76. The van der Waals surface area contributed by atoms with Gasteiger partial charge in [0.15, 0.2) is 11.5 Å². The molecule has 3 heterocycles. The highest BCUT2D eigenvalue weighted by molar-refractivity contribution is 6.20. The lowest BCUT2D eigenvalue weighted by molar-refractivity contribution is 0.368. The standard InChI is InChI=1S/C13H17ClN6O/c1-7(14)12-16-11-8(2)17-19(4)13(11)20(12)6-5-10-15-9(3)18-21-10/h7H,5-6H2,1-4H3. The predicted molar refractivity (Wildman–Crippen MR) is 78.2 cm³/mol. The van der Waals surface area contributed by atoms with Gasteiger partial charge in [0.1, 0.15) is 11.3 Å². The SMILES string of the molecule is Cc1noc(CCn2c(C(C)Cl)nc3c(C)nn(C)c32)n1. The quantitative estimate of drug-likeness (QED) is 0.691. The molecule has 0 amide bonds. The summed E-state index contributed by atoms with van der Waals surface area (Å²) in [4.78, 5) is 8.86. The monoisotopic (exact) mass is 308 g/mol. The predicted octanol–water partition coefficient (Wildman–Crippen LogP) is 2.31. The molecule has 7 nitrogen and oxygen atoms in total. The second-order valence-electron chi connectivity index (χ2n) is 5.10. The molecular formula is C13H17ClN6O. The molecule has 3 aromatic heterocycles. The molecule has 112 valence electrons. The maximum atomic E-state index is 6.26. The van der Waals surface area contributed by atoms with Crippen molar-refractivity contribution in [2.75, 3.05) is 0 Å². The van der Waals surface area contributed by atoms with E-state index in [0.29, 0.717) is 24.7 Å². The Morgan fingerprint density at radius 3 is 2.67 bits per heavy atom. The minimum Gasteiger partial charge on any atom is -0.339 e. The molecule has 0 fully saturated rings. The number of halogens is 1. The fraction of sp³-hybridized carbons (Fsp3) is 0.538. The van der Waals surface area contributed by atoms with E-state index in [0.717, 1.165) is 22.7 Å². The van der Waals surface area contributed by atoms with Crippen LogP contribution in [0.15, 0.2) is 4.52 Å². The maximum absolute atomic E-state index is 6.26. The number of rotatable bonds is 4. The van der Waals surface area contributed by atoms with E-state index in [2.05, 4.69) is 24.8 Å². The Morgan fingerprint density at radius 2 is 2.05 bits per heavy atom. The average Bonchev–Trinajstić information content (AvgIpc) is 3.05. The lowest BCUT2D eigenvalue weighted by Crippen LogP contribution is -2.10. The highest BCUT2D eigenvalue weighted by atomic mass is 35.5. The molecule has 3 rings (SSSR count). The van der Waals surface area contributed by atoms with E-state index in [9.17, 15) is 0 Å². The van der Waals surface area contributed by atoms with Gasteiger partial charge in [-0.3, -0.25) is 4.68 Å². The summed E-state index contributed by atoms with van der Waals surface area (Å²) in [5, 5.41) is 8.03. The molecule has 0 bridgehead atoms. The van der Waals surface area contributed by atoms with Gasteiger partial charge in [0.05, 0.1) is 11.1 Å². The van der Waals surface area contributed by atoms with Gasteiger partial charge in [-0.2, -0.15) is 10.1 Å². The highest BCUT2D eigenvalue weighted by Gasteiger charge is 2.20. The number of hydrogen-bond acceptors (Lipinski definition) is 5. The van der Waals surface area contributed by atoms with Crippen LogP contribution in [-0.4, -0.2) is 29.5 Å². The van der Waals surface area contributed by atoms with Gasteiger partial charge < -0.3 is 9.09 Å². The van der Waals surface area contributed by atoms with Crippen LogP contribution in [0.5, 0.6) is 0 Å². The Morgan fingerprint density at radius 1 is 1.29 bits per heavy atom. The molecule has 3 aromatic rings. The van der Waals surface area contributed by atoms with Crippen molar-refractivity contribution in [3.05, 3.63) is 23.2 Å². The molecule has 21 heavy (non-hydrogen) atoms. The van der Waals surface area contributed by atoms with E-state index in [-0.39, 0.29) is 5.38 Å². The molecule has 0 saturated heterocycles. The zero-order valence-corrected chi connectivity index (χ0v) is 13.2. The molecule has 0 aromatic carbocycles. The number of aromatic nitrogens is 6. The first-order chi connectivity index (χ1) is 9.97. The van der Waals surface area contributed by atoms with Crippen LogP contribution in [0.4, 0.5) is 0 Å². The van der Waals surface area contributed by atoms with E-state index >= 15 is 0 Å². The summed E-state index contributed by atoms with van der Waals surface area (Å²) in [7, 11) is 1.91. The van der Waals surface area contributed by atoms with Gasteiger partial charge in [0.25, 0.3) is 0 Å². The summed E-state index contributed by atoms with van der Waals surface area (Å²) in [6, 6.07) is 0. The fourth-order valence-electron chi connectivity index (χ4n) is 2.52. The van der Waals surface area contributed by atoms with Crippen molar-refractivity contribution >= 4 is 22.8 Å². The molecule has 0 spiro atoms. The molecule has 0 aliphatic rings. The number of hydrogen-bond donors (Lipinski definition) is 0. The van der Waals surface area contributed by atoms with Crippen LogP contribution < -0.4 is 0 Å². The first-order valence-electron chi connectivity index (χ1n) is 6.80. The lowest BCUT2D eigenvalue weighted by atomic mass is 10.3. The van der Waals surface area contributed by atoms with Crippen molar-refractivity contribution in [1.82, 2.24) is 29.5 Å². The topological polar surface area (TPSA) is 74.6 Å². The number of alkyl halides is 1. The Labute approximate surface area is 126 Å². The third-order valence-corrected chi connectivity index (χ3v) is 3.59. The normalized spacial score (nSPS) is 13.2. The summed E-state index contributed by atoms with van der Waals surface area (Å²) in [6.07, 6.45) is 0.632. The largest absolute Gasteiger partial charge is 0.339 e. The number of imidazole rings is 1. The smallest absolute Gasteiger partial charge is 0.228 e. The third kappa shape index (κ3) is 2.42. The van der Waals surface area contributed by atoms with Gasteiger partial charge in [-0.25, -0.2) is 4.98 Å². The van der Waals surface area contributed by atoms with Crippen LogP contribution in [0, 0.1) is 13.8 Å². The molecule has 8 heteroatoms. The van der Waals surface area contributed by atoms with Gasteiger partial charge in [0, 0.05) is 20.0 Å². The van der Waals surface area contributed by atoms with E-state index in [1.165, 1.54) is 0 Å². The number of nitrogens with zero attached hydrogens (tertiary/aromatic N) is 6. The molecular weight excluding hydrogens is 292 g/mol. The summed E-state index contributed by atoms with van der Waals surface area (Å²) in [5.41, 5.74) is 2.76. The minimum atomic E-state index is -0.179. The molecule has 0 aliphatic carbocycles. The van der Waals surface area contributed by atoms with E-state index in [1.807, 2.05) is 25.6 Å². The van der Waals surface area contributed by atoms with Gasteiger partial charge in [-0.1, -0.05) is 5.16 Å². The molecule has 1 atom stereocenters. The van der Waals surface area contributed by atoms with Crippen LogP contribution in [-0.2, 0) is 20.0 Å². The molecule has 0 aliphatic heterocycles. The van der Waals surface area contributed by atoms with Gasteiger partial charge in [-0.05, 0) is 20.8 Å². The van der Waals surface area contributed by atoms with Crippen LogP contribution in [0.1, 0.15) is 35.5 Å². The zero-order chi connectivity index (χ0) is 15.1. The second kappa shape index (κ2) is 5.14. The van der Waals surface area contributed by atoms with Crippen molar-refractivity contribution < 1.29 is 4.52 Å². The molecule has 0 N–H and O–H groups in total. The summed E-state index contributed by atoms with van der Waals surface area (Å²) in [6.45, 7) is 6.34. The molecule has 0 saturated carbocycles. The summed E-state index contributed by atoms with van der Waals surface area (Å²) >= 11 is 6.26. The van der Waals surface area contributed by atoms with E-state index in [4.69, 9.17) is 16.1 Å². The molecule has 0 radical (unpaired) electrons. The maximum Gasteiger partial charge on any atom is 0.228 e. The lowest BCUT2D eigenvalue weighted by Gasteiger charge is -2.09. The van der Waals surface area contributed by atoms with Gasteiger partial charge in [-0.15, -0.1) is 11.6 Å². The van der Waals surface area contributed by atoms with Crippen molar-refractivity contribution in [1.29, 1.82) is 0 Å². The highest BCUT2D eigenvalue weighted by Crippen LogP contribution is 2.26. The van der Waals surface area contributed by atoms with Gasteiger partial charge in [0.2, 0.25) is 5.89 Å². The Kier molecular flexibility index (Phi) is 3.44. The Balaban J connectivity index is 2.00. The third-order valence-electron chi connectivity index (χ3n) is 3.39. The Hall–Kier alpha value is -1.89. The van der Waals surface area contributed by atoms with Crippen molar-refractivity contribution in [3.63, 3.8) is 0 Å². The van der Waals surface area contributed by atoms with Crippen molar-refractivity contribution in [3.8, 4) is 0 Å². The van der Waals surface area contributed by atoms with Crippen LogP contribution in [0.3, 0.4) is 0 Å². The van der Waals surface area contributed by atoms with Crippen molar-refractivity contribution in [2.45, 2.75) is 39.1 Å². The van der Waals surface area contributed by atoms with E-state index < -0.39 is 0 Å². The van der Waals surface area contributed by atoms with E-state index in [1.54, 1.807) is 6.92 Å². The minimum absolute atomic E-state index is 0.179. The first kappa shape index (κ1) is 14.1. The first-order valence-corrected chi connectivity index (χ1v) is 7.24. The van der Waals surface area contributed by atoms with Gasteiger partial charge >= 0.3 is 0 Å². The van der Waals surface area contributed by atoms with Crippen molar-refractivity contribution in [2.24, 2.45) is 7.05 Å². The van der Waals surface area contributed by atoms with Crippen LogP contribution >= 0.6 is 11.6 Å². The van der Waals surface area contributed by atoms with Crippen LogP contribution in [0.25, 0.3) is 11.2 Å². The summed E-state index contributed by atoms with van der Waals surface area (Å²) < 4.78 is 9.07. The fourth-order valence-corrected chi connectivity index (χ4v) is 2.69.